The van der Waals surface area contributed by atoms with Crippen LogP contribution in [0.25, 0.3) is 0 Å². The van der Waals surface area contributed by atoms with Crippen LogP contribution in [-0.2, 0) is 11.4 Å². The molecule has 0 aromatic carbocycles. The first-order valence-corrected chi connectivity index (χ1v) is 6.65. The Bertz CT molecular complexity index is 253. The molecule has 0 amide bonds. The van der Waals surface area contributed by atoms with Gasteiger partial charge in [-0.05, 0) is 39.5 Å². The van der Waals surface area contributed by atoms with Gasteiger partial charge in [0.15, 0.2) is 0 Å². The van der Waals surface area contributed by atoms with Crippen LogP contribution in [0.2, 0.25) is 0 Å². The summed E-state index contributed by atoms with van der Waals surface area (Å²) >= 11 is -1.28. The predicted molar refractivity (Wildman–Crippen MR) is 63.3 cm³/mol. The van der Waals surface area contributed by atoms with E-state index in [0.717, 1.165) is 0 Å². The van der Waals surface area contributed by atoms with Crippen LogP contribution in [0, 0.1) is 5.92 Å². The highest BCUT2D eigenvalue weighted by Gasteiger charge is 2.35. The Morgan fingerprint density at radius 1 is 1.31 bits per heavy atom. The highest BCUT2D eigenvalue weighted by atomic mass is 32.2. The van der Waals surface area contributed by atoms with E-state index < -0.39 is 17.3 Å². The van der Waals surface area contributed by atoms with Crippen molar-refractivity contribution in [3.05, 3.63) is 0 Å². The molecule has 1 unspecified atom stereocenters. The van der Waals surface area contributed by atoms with E-state index in [1.165, 1.54) is 0 Å². The third-order valence-corrected chi connectivity index (χ3v) is 4.01. The summed E-state index contributed by atoms with van der Waals surface area (Å²) in [5, 5.41) is 0. The third kappa shape index (κ3) is 4.37. The highest BCUT2D eigenvalue weighted by molar-refractivity contribution is 7.91. The molecule has 0 radical (unpaired) electrons. The summed E-state index contributed by atoms with van der Waals surface area (Å²) < 4.78 is 40.9. The van der Waals surface area contributed by atoms with E-state index in [2.05, 4.69) is 4.40 Å². The van der Waals surface area contributed by atoms with Crippen LogP contribution in [0.4, 0.5) is 8.78 Å². The molecule has 5 heteroatoms. The Morgan fingerprint density at radius 3 is 2.25 bits per heavy atom. The highest BCUT2D eigenvalue weighted by Crippen LogP contribution is 2.35. The summed E-state index contributed by atoms with van der Waals surface area (Å²) in [7, 11) is 0. The molecule has 0 bridgehead atoms. The average Bonchev–Trinajstić information content (AvgIpc) is 2.14. The molecule has 2 nitrogen and oxygen atoms in total. The molecular formula is C11H19F2NOS. The summed E-state index contributed by atoms with van der Waals surface area (Å²) in [6.45, 7) is 5.53. The lowest BCUT2D eigenvalue weighted by atomic mass is 9.88. The van der Waals surface area contributed by atoms with Crippen LogP contribution in [0.3, 0.4) is 0 Å². The van der Waals surface area contributed by atoms with Crippen molar-refractivity contribution < 1.29 is 13.3 Å². The molecule has 1 fully saturated rings. The second kappa shape index (κ2) is 5.00. The standard InChI is InChI=1S/C11H19F2NOS/c1-10(2,3)16(15)14-8-9-4-6-11(12,13)7-5-9/h8-9H,4-7H2,1-3H3/b14-8+. The number of alkyl halides is 2. The van der Waals surface area contributed by atoms with E-state index in [1.54, 1.807) is 6.21 Å². The first kappa shape index (κ1) is 13.9. The fraction of sp³-hybridized carbons (Fsp3) is 0.909. The number of nitrogens with zero attached hydrogens (tertiary/aromatic N) is 1. The van der Waals surface area contributed by atoms with Crippen molar-refractivity contribution in [1.29, 1.82) is 0 Å². The largest absolute Gasteiger partial charge is 0.591 e. The molecule has 0 saturated heterocycles. The second-order valence-corrected chi connectivity index (χ2v) is 7.24. The Morgan fingerprint density at radius 2 is 1.81 bits per heavy atom. The fourth-order valence-electron chi connectivity index (χ4n) is 1.51. The quantitative estimate of drug-likeness (QED) is 0.547. The van der Waals surface area contributed by atoms with Gasteiger partial charge in [-0.1, -0.05) is 4.40 Å². The lowest BCUT2D eigenvalue weighted by molar-refractivity contribution is -0.0390. The van der Waals surface area contributed by atoms with E-state index in [1.807, 2.05) is 20.8 Å². The summed E-state index contributed by atoms with van der Waals surface area (Å²) in [6, 6.07) is 0. The third-order valence-electron chi connectivity index (χ3n) is 2.65. The van der Waals surface area contributed by atoms with Crippen LogP contribution < -0.4 is 0 Å². The number of halogens is 2. The molecule has 0 aliphatic heterocycles. The number of hydrogen-bond acceptors (Lipinski definition) is 2. The van der Waals surface area contributed by atoms with Crippen molar-refractivity contribution >= 4 is 17.6 Å². The SMILES string of the molecule is CC(C)(C)[S+]([O-])/N=C/C1CCC(F)(F)CC1. The molecule has 1 aliphatic rings. The molecule has 16 heavy (non-hydrogen) atoms. The summed E-state index contributed by atoms with van der Waals surface area (Å²) in [4.78, 5) is 0. The van der Waals surface area contributed by atoms with Crippen LogP contribution in [0.5, 0.6) is 0 Å². The van der Waals surface area contributed by atoms with Gasteiger partial charge in [0.05, 0.1) is 6.21 Å². The van der Waals surface area contributed by atoms with Crippen molar-refractivity contribution in [3.63, 3.8) is 0 Å². The lowest BCUT2D eigenvalue weighted by Gasteiger charge is -2.26. The van der Waals surface area contributed by atoms with Gasteiger partial charge >= 0.3 is 0 Å². The van der Waals surface area contributed by atoms with Gasteiger partial charge in [0, 0.05) is 12.8 Å². The molecular weight excluding hydrogens is 232 g/mol. The smallest absolute Gasteiger partial charge is 0.248 e. The summed E-state index contributed by atoms with van der Waals surface area (Å²) in [5.74, 6) is -2.45. The fourth-order valence-corrected chi connectivity index (χ4v) is 2.11. The molecule has 1 atom stereocenters. The molecule has 0 N–H and O–H groups in total. The van der Waals surface area contributed by atoms with E-state index >= 15 is 0 Å². The average molecular weight is 251 g/mol. The normalized spacial score (nSPS) is 24.9. The van der Waals surface area contributed by atoms with Crippen molar-refractivity contribution in [1.82, 2.24) is 0 Å². The van der Waals surface area contributed by atoms with Gasteiger partial charge in [-0.25, -0.2) is 8.78 Å². The van der Waals surface area contributed by atoms with Gasteiger partial charge in [-0.2, -0.15) is 0 Å². The number of rotatable bonds is 2. The minimum Gasteiger partial charge on any atom is -0.591 e. The zero-order valence-corrected chi connectivity index (χ0v) is 10.8. The Labute approximate surface area is 98.8 Å². The molecule has 1 saturated carbocycles. The van der Waals surface area contributed by atoms with Crippen LogP contribution in [-0.4, -0.2) is 21.4 Å². The summed E-state index contributed by atoms with van der Waals surface area (Å²) in [6.07, 6.45) is 2.34. The van der Waals surface area contributed by atoms with Crippen molar-refractivity contribution in [2.45, 2.75) is 57.1 Å². The van der Waals surface area contributed by atoms with Crippen LogP contribution in [0.1, 0.15) is 46.5 Å². The van der Waals surface area contributed by atoms with Crippen LogP contribution in [0.15, 0.2) is 4.40 Å². The topological polar surface area (TPSA) is 35.4 Å². The van der Waals surface area contributed by atoms with E-state index in [0.29, 0.717) is 12.8 Å². The Balaban J connectivity index is 2.42. The maximum Gasteiger partial charge on any atom is 0.248 e. The van der Waals surface area contributed by atoms with Gasteiger partial charge in [0.25, 0.3) is 0 Å². The first-order chi connectivity index (χ1) is 7.21. The van der Waals surface area contributed by atoms with Gasteiger partial charge in [0.2, 0.25) is 5.92 Å². The Kier molecular flexibility index (Phi) is 4.35. The lowest BCUT2D eigenvalue weighted by Crippen LogP contribution is -2.28. The zero-order chi connectivity index (χ0) is 12.4. The maximum atomic E-state index is 12.9. The molecule has 0 aromatic rings. The van der Waals surface area contributed by atoms with Gasteiger partial charge in [-0.3, -0.25) is 0 Å². The zero-order valence-electron chi connectivity index (χ0n) is 10.0. The molecule has 0 heterocycles. The maximum absolute atomic E-state index is 12.9. The van der Waals surface area contributed by atoms with E-state index in [-0.39, 0.29) is 23.5 Å². The minimum atomic E-state index is -2.51. The molecule has 0 spiro atoms. The van der Waals surface area contributed by atoms with Crippen molar-refractivity contribution in [2.24, 2.45) is 10.3 Å². The predicted octanol–water partition coefficient (Wildman–Crippen LogP) is 3.34. The number of hydrogen-bond donors (Lipinski definition) is 0. The monoisotopic (exact) mass is 251 g/mol. The molecule has 0 aromatic heterocycles. The van der Waals surface area contributed by atoms with Gasteiger partial charge in [-0.15, -0.1) is 0 Å². The minimum absolute atomic E-state index is 0.0610. The van der Waals surface area contributed by atoms with Crippen molar-refractivity contribution in [2.75, 3.05) is 0 Å². The van der Waals surface area contributed by atoms with Gasteiger partial charge in [0.1, 0.15) is 16.1 Å². The van der Waals surface area contributed by atoms with Crippen molar-refractivity contribution in [3.8, 4) is 0 Å². The second-order valence-electron chi connectivity index (χ2n) is 5.31. The molecule has 1 aliphatic carbocycles. The van der Waals surface area contributed by atoms with E-state index in [9.17, 15) is 13.3 Å². The van der Waals surface area contributed by atoms with E-state index in [4.69, 9.17) is 0 Å². The molecule has 1 rings (SSSR count). The molecule has 94 valence electrons. The summed E-state index contributed by atoms with van der Waals surface area (Å²) in [5.41, 5.74) is 0. The van der Waals surface area contributed by atoms with Gasteiger partial charge < -0.3 is 4.55 Å². The van der Waals surface area contributed by atoms with Crippen LogP contribution >= 0.6 is 0 Å². The Hall–Kier alpha value is -0.160. The first-order valence-electron chi connectivity index (χ1n) is 5.55.